The smallest absolute Gasteiger partial charge is 0.357 e. The summed E-state index contributed by atoms with van der Waals surface area (Å²) in [5.41, 5.74) is 8.91. The summed E-state index contributed by atoms with van der Waals surface area (Å²) in [4.78, 5) is 38.2. The number of hydrogen-bond donors (Lipinski definition) is 2. The van der Waals surface area contributed by atoms with Gasteiger partial charge in [-0.25, -0.2) is 19.4 Å². The third-order valence-corrected chi connectivity index (χ3v) is 5.15. The molecule has 1 aromatic carbocycles. The topological polar surface area (TPSA) is 172 Å². The van der Waals surface area contributed by atoms with Crippen LogP contribution < -0.4 is 5.73 Å². The second kappa shape index (κ2) is 10.7. The largest absolute Gasteiger partial charge is 0.477 e. The normalized spacial score (nSPS) is 14.3. The molecule has 0 radical (unpaired) electrons. The van der Waals surface area contributed by atoms with Crippen molar-refractivity contribution >= 4 is 36.1 Å². The Hall–Kier alpha value is -3.64. The van der Waals surface area contributed by atoms with Crippen LogP contribution in [0.3, 0.4) is 0 Å². The van der Waals surface area contributed by atoms with Crippen LogP contribution in [-0.2, 0) is 15.9 Å². The van der Waals surface area contributed by atoms with Gasteiger partial charge in [-0.2, -0.15) is 4.52 Å². The van der Waals surface area contributed by atoms with Crippen LogP contribution >= 0.6 is 12.4 Å². The van der Waals surface area contributed by atoms with E-state index in [0.29, 0.717) is 5.56 Å². The van der Waals surface area contributed by atoms with Gasteiger partial charge >= 0.3 is 17.9 Å². The Morgan fingerprint density at radius 2 is 1.89 bits per heavy atom. The maximum absolute atomic E-state index is 11.8. The fourth-order valence-corrected chi connectivity index (χ4v) is 3.57. The van der Waals surface area contributed by atoms with Crippen LogP contribution in [0.15, 0.2) is 18.2 Å². The summed E-state index contributed by atoms with van der Waals surface area (Å²) < 4.78 is 10.8. The van der Waals surface area contributed by atoms with Crippen molar-refractivity contribution in [3.05, 3.63) is 51.8 Å². The number of aromatic nitrogens is 5. The first-order valence-corrected chi connectivity index (χ1v) is 10.4. The molecule has 1 atom stereocenters. The molecule has 13 heteroatoms. The first-order valence-electron chi connectivity index (χ1n) is 10.4. The molecular formula is C22H27ClN6O6. The number of carbonyl (C=O) groups excluding carboxylic acids is 2. The number of ether oxygens (including phenoxy) is 2. The van der Waals surface area contributed by atoms with Crippen LogP contribution in [-0.4, -0.2) is 60.8 Å². The van der Waals surface area contributed by atoms with Crippen LogP contribution in [0.1, 0.15) is 81.3 Å². The fraction of sp³-hybridized carbons (Fsp3) is 0.409. The highest BCUT2D eigenvalue weighted by molar-refractivity contribution is 5.93. The maximum atomic E-state index is 11.8. The van der Waals surface area contributed by atoms with Crippen molar-refractivity contribution in [2.75, 3.05) is 7.11 Å². The summed E-state index contributed by atoms with van der Waals surface area (Å²) in [6.45, 7) is 7.05. The van der Waals surface area contributed by atoms with Gasteiger partial charge in [0.1, 0.15) is 5.60 Å². The zero-order chi connectivity index (χ0) is 25.2. The van der Waals surface area contributed by atoms with Crippen molar-refractivity contribution in [2.24, 2.45) is 5.73 Å². The van der Waals surface area contributed by atoms with Gasteiger partial charge in [0.05, 0.1) is 12.7 Å². The van der Waals surface area contributed by atoms with Crippen LogP contribution in [0.4, 0.5) is 0 Å². The van der Waals surface area contributed by atoms with E-state index in [1.54, 1.807) is 20.8 Å². The highest BCUT2D eigenvalue weighted by atomic mass is 35.5. The second-order valence-electron chi connectivity index (χ2n) is 8.67. The van der Waals surface area contributed by atoms with Crippen molar-refractivity contribution in [3.8, 4) is 0 Å². The number of esters is 2. The Morgan fingerprint density at radius 3 is 2.49 bits per heavy atom. The number of nitrogens with zero attached hydrogens (tertiary/aromatic N) is 5. The van der Waals surface area contributed by atoms with Gasteiger partial charge in [-0.3, -0.25) is 0 Å². The molecule has 0 spiro atoms. The van der Waals surface area contributed by atoms with Gasteiger partial charge in [0.25, 0.3) is 5.78 Å². The summed E-state index contributed by atoms with van der Waals surface area (Å²) in [7, 11) is 1.40. The number of fused-ring (bicyclic) bond motifs is 2. The summed E-state index contributed by atoms with van der Waals surface area (Å²) in [6.07, 6.45) is 1.94. The third-order valence-electron chi connectivity index (χ3n) is 5.15. The van der Waals surface area contributed by atoms with Gasteiger partial charge in [0, 0.05) is 12.1 Å². The van der Waals surface area contributed by atoms with E-state index >= 15 is 0 Å². The Morgan fingerprint density at radius 1 is 1.20 bits per heavy atom. The van der Waals surface area contributed by atoms with Crippen molar-refractivity contribution in [2.45, 2.75) is 52.2 Å². The summed E-state index contributed by atoms with van der Waals surface area (Å²) >= 11 is 0. The van der Waals surface area contributed by atoms with Crippen LogP contribution in [0.25, 0.3) is 5.78 Å². The fourth-order valence-electron chi connectivity index (χ4n) is 3.57. The number of nitrogens with two attached hydrogens (primary N) is 1. The molecule has 0 saturated carbocycles. The van der Waals surface area contributed by atoms with Gasteiger partial charge < -0.3 is 20.3 Å². The highest BCUT2D eigenvalue weighted by Gasteiger charge is 2.24. The van der Waals surface area contributed by atoms with Crippen molar-refractivity contribution in [1.82, 2.24) is 25.0 Å². The zero-order valence-corrected chi connectivity index (χ0v) is 20.8. The molecular weight excluding hydrogens is 480 g/mol. The number of carbonyl (C=O) groups is 3. The molecule has 3 N–H and O–H groups in total. The predicted molar refractivity (Wildman–Crippen MR) is 126 cm³/mol. The summed E-state index contributed by atoms with van der Waals surface area (Å²) in [6, 6.07) is 4.96. The highest BCUT2D eigenvalue weighted by Crippen LogP contribution is 2.33. The van der Waals surface area contributed by atoms with E-state index < -0.39 is 17.5 Å². The van der Waals surface area contributed by atoms with Gasteiger partial charge in [-0.15, -0.1) is 12.4 Å². The molecule has 0 bridgehead atoms. The Kier molecular flexibility index (Phi) is 8.47. The summed E-state index contributed by atoms with van der Waals surface area (Å²) in [5, 5.41) is 19.3. The molecule has 4 rings (SSSR count). The molecule has 188 valence electrons. The van der Waals surface area contributed by atoms with Crippen molar-refractivity contribution in [3.63, 3.8) is 0 Å². The monoisotopic (exact) mass is 506 g/mol. The van der Waals surface area contributed by atoms with Crippen LogP contribution in [0.5, 0.6) is 0 Å². The molecule has 0 unspecified atom stereocenters. The molecule has 0 saturated heterocycles. The number of benzene rings is 1. The van der Waals surface area contributed by atoms with Gasteiger partial charge in [-0.1, -0.05) is 11.2 Å². The lowest BCUT2D eigenvalue weighted by Gasteiger charge is -2.19. The molecule has 1 aliphatic rings. The number of carboxylic acid groups (broad SMARTS) is 1. The number of aromatic carboxylic acids is 1. The Labute approximate surface area is 207 Å². The molecule has 2 heterocycles. The zero-order valence-electron chi connectivity index (χ0n) is 19.9. The minimum absolute atomic E-state index is 0. The minimum atomic E-state index is -1.27. The average molecular weight is 507 g/mol. The third kappa shape index (κ3) is 6.08. The number of rotatable bonds is 3. The Bertz CT molecular complexity index is 1270. The number of halogens is 1. The number of methoxy groups -OCH3 is 1. The first kappa shape index (κ1) is 27.6. The lowest BCUT2D eigenvalue weighted by Crippen LogP contribution is -2.25. The molecule has 3 aromatic rings. The van der Waals surface area contributed by atoms with E-state index in [-0.39, 0.29) is 41.6 Å². The molecule has 12 nitrogen and oxygen atoms in total. The van der Waals surface area contributed by atoms with E-state index in [9.17, 15) is 14.4 Å². The quantitative estimate of drug-likeness (QED) is 0.499. The number of tetrazole rings is 1. The second-order valence-corrected chi connectivity index (χ2v) is 8.67. The molecule has 35 heavy (non-hydrogen) atoms. The standard InChI is InChI=1S/C12H15NO2.C10H11N5O4.ClH/c1-7-8-5-6-11(13)10(8)4-3-9(7)12(14)15-2;1-10(2,3)19-8(18)5-4-6(7(16)17)15-9(11-5)12-13-14-15;/h3-4,11H,5-6,13H2,1-2H3;4H,1-3H3,(H,16,17);1H/t11-;;/m0../s1. The van der Waals surface area contributed by atoms with Crippen molar-refractivity contribution in [1.29, 1.82) is 0 Å². The van der Waals surface area contributed by atoms with E-state index in [0.717, 1.165) is 29.0 Å². The van der Waals surface area contributed by atoms with Crippen LogP contribution in [0.2, 0.25) is 0 Å². The molecule has 2 aromatic heterocycles. The van der Waals surface area contributed by atoms with E-state index in [1.165, 1.54) is 18.2 Å². The van der Waals surface area contributed by atoms with Gasteiger partial charge in [0.2, 0.25) is 0 Å². The first-order chi connectivity index (χ1) is 15.9. The van der Waals surface area contributed by atoms with E-state index in [4.69, 9.17) is 20.3 Å². The predicted octanol–water partition coefficient (Wildman–Crippen LogP) is 2.32. The van der Waals surface area contributed by atoms with Gasteiger partial charge in [0.15, 0.2) is 11.4 Å². The molecule has 1 aliphatic carbocycles. The molecule has 0 amide bonds. The van der Waals surface area contributed by atoms with E-state index in [2.05, 4.69) is 20.5 Å². The van der Waals surface area contributed by atoms with Gasteiger partial charge in [-0.05, 0) is 73.7 Å². The maximum Gasteiger partial charge on any atom is 0.357 e. The lowest BCUT2D eigenvalue weighted by molar-refractivity contribution is 0.00626. The van der Waals surface area contributed by atoms with E-state index in [1.807, 2.05) is 19.1 Å². The Balaban J connectivity index is 0.000000246. The van der Waals surface area contributed by atoms with Crippen molar-refractivity contribution < 1.29 is 29.0 Å². The number of hydrogen-bond acceptors (Lipinski definition) is 10. The molecule has 0 aliphatic heterocycles. The average Bonchev–Trinajstić information content (AvgIpc) is 3.39. The number of carboxylic acids is 1. The minimum Gasteiger partial charge on any atom is -0.477 e. The SMILES string of the molecule is CC(C)(C)OC(=O)c1cc(C(=O)O)n2nnnc2n1.COC(=O)c1ccc2c(c1C)CC[C@@H]2N.Cl. The summed E-state index contributed by atoms with van der Waals surface area (Å²) in [5.74, 6) is -2.36. The molecule has 0 fully saturated rings. The van der Waals surface area contributed by atoms with Crippen LogP contribution in [0, 0.1) is 6.92 Å². The lowest BCUT2D eigenvalue weighted by atomic mass is 9.98.